The number of rotatable bonds is 9. The Labute approximate surface area is 122 Å². The molecule has 5 nitrogen and oxygen atoms in total. The first kappa shape index (κ1) is 18.6. The Morgan fingerprint density at radius 1 is 1.26 bits per heavy atom. The molecule has 1 atom stereocenters. The first-order chi connectivity index (χ1) is 8.70. The second kappa shape index (κ2) is 10.4. The summed E-state index contributed by atoms with van der Waals surface area (Å²) in [4.78, 5) is 14.3. The summed E-state index contributed by atoms with van der Waals surface area (Å²) in [6.45, 7) is 6.66. The lowest BCUT2D eigenvalue weighted by Gasteiger charge is -2.35. The van der Waals surface area contributed by atoms with Gasteiger partial charge in [0.2, 0.25) is 5.91 Å². The van der Waals surface area contributed by atoms with Gasteiger partial charge in [0.15, 0.2) is 0 Å². The van der Waals surface area contributed by atoms with Crippen LogP contribution in [-0.4, -0.2) is 64.4 Å². The van der Waals surface area contributed by atoms with Crippen molar-refractivity contribution >= 4 is 18.3 Å². The lowest BCUT2D eigenvalue weighted by molar-refractivity contribution is -0.138. The fourth-order valence-electron chi connectivity index (χ4n) is 2.09. The van der Waals surface area contributed by atoms with Gasteiger partial charge in [-0.05, 0) is 25.4 Å². The zero-order valence-corrected chi connectivity index (χ0v) is 13.0. The predicted molar refractivity (Wildman–Crippen MR) is 77.7 cm³/mol. The molecule has 1 unspecified atom stereocenters. The van der Waals surface area contributed by atoms with E-state index < -0.39 is 0 Å². The SMILES string of the molecule is COCCCN(CCOC)C(=O)C(C)C1CNC1.Cl. The van der Waals surface area contributed by atoms with E-state index in [4.69, 9.17) is 9.47 Å². The summed E-state index contributed by atoms with van der Waals surface area (Å²) in [5.74, 6) is 0.838. The normalized spacial score (nSPS) is 16.4. The van der Waals surface area contributed by atoms with Gasteiger partial charge in [-0.25, -0.2) is 0 Å². The van der Waals surface area contributed by atoms with E-state index in [0.29, 0.717) is 25.7 Å². The van der Waals surface area contributed by atoms with Crippen molar-refractivity contribution in [2.75, 3.05) is 53.6 Å². The molecule has 1 N–H and O–H groups in total. The quantitative estimate of drug-likeness (QED) is 0.639. The zero-order chi connectivity index (χ0) is 13.4. The third kappa shape index (κ3) is 6.08. The Bertz CT molecular complexity index is 250. The van der Waals surface area contributed by atoms with Crippen LogP contribution < -0.4 is 5.32 Å². The van der Waals surface area contributed by atoms with Crippen LogP contribution in [-0.2, 0) is 14.3 Å². The van der Waals surface area contributed by atoms with Gasteiger partial charge in [-0.15, -0.1) is 12.4 Å². The van der Waals surface area contributed by atoms with Crippen LogP contribution in [0.15, 0.2) is 0 Å². The minimum atomic E-state index is 0. The van der Waals surface area contributed by atoms with E-state index in [1.165, 1.54) is 0 Å². The monoisotopic (exact) mass is 294 g/mol. The van der Waals surface area contributed by atoms with E-state index in [1.54, 1.807) is 14.2 Å². The van der Waals surface area contributed by atoms with Gasteiger partial charge in [-0.1, -0.05) is 6.92 Å². The maximum absolute atomic E-state index is 12.4. The summed E-state index contributed by atoms with van der Waals surface area (Å²) >= 11 is 0. The Morgan fingerprint density at radius 2 is 1.89 bits per heavy atom. The van der Waals surface area contributed by atoms with Crippen LogP contribution in [0.4, 0.5) is 0 Å². The van der Waals surface area contributed by atoms with E-state index in [-0.39, 0.29) is 24.2 Å². The molecule has 1 heterocycles. The molecule has 0 aromatic heterocycles. The lowest BCUT2D eigenvalue weighted by Crippen LogP contribution is -2.51. The molecule has 1 aliphatic rings. The molecule has 0 saturated carbocycles. The van der Waals surface area contributed by atoms with Crippen LogP contribution in [0.1, 0.15) is 13.3 Å². The molecule has 0 aliphatic carbocycles. The molecule has 6 heteroatoms. The summed E-state index contributed by atoms with van der Waals surface area (Å²) in [6, 6.07) is 0. The molecular formula is C13H27ClN2O3. The first-order valence-corrected chi connectivity index (χ1v) is 6.68. The van der Waals surface area contributed by atoms with Crippen molar-refractivity contribution in [3.05, 3.63) is 0 Å². The fraction of sp³-hybridized carbons (Fsp3) is 0.923. The average molecular weight is 295 g/mol. The molecule has 0 aromatic carbocycles. The standard InChI is InChI=1S/C13H26N2O3.ClH/c1-11(12-9-14-10-12)13(16)15(6-8-18-3)5-4-7-17-2;/h11-12,14H,4-10H2,1-3H3;1H. The molecule has 1 saturated heterocycles. The number of hydrogen-bond donors (Lipinski definition) is 1. The highest BCUT2D eigenvalue weighted by Crippen LogP contribution is 2.18. The predicted octanol–water partition coefficient (Wildman–Crippen LogP) is 0.775. The lowest BCUT2D eigenvalue weighted by atomic mass is 9.88. The fourth-order valence-corrected chi connectivity index (χ4v) is 2.09. The second-order valence-corrected chi connectivity index (χ2v) is 4.87. The second-order valence-electron chi connectivity index (χ2n) is 4.87. The number of nitrogens with zero attached hydrogens (tertiary/aromatic N) is 1. The molecule has 114 valence electrons. The number of amides is 1. The van der Waals surface area contributed by atoms with Gasteiger partial charge in [-0.2, -0.15) is 0 Å². The summed E-state index contributed by atoms with van der Waals surface area (Å²) in [6.07, 6.45) is 0.877. The summed E-state index contributed by atoms with van der Waals surface area (Å²) in [5, 5.41) is 3.22. The van der Waals surface area contributed by atoms with Gasteiger partial charge < -0.3 is 19.7 Å². The topological polar surface area (TPSA) is 50.8 Å². The van der Waals surface area contributed by atoms with Gasteiger partial charge in [-0.3, -0.25) is 4.79 Å². The Morgan fingerprint density at radius 3 is 2.37 bits per heavy atom. The molecule has 1 amide bonds. The minimum Gasteiger partial charge on any atom is -0.385 e. The smallest absolute Gasteiger partial charge is 0.225 e. The van der Waals surface area contributed by atoms with Gasteiger partial charge in [0.25, 0.3) is 0 Å². The van der Waals surface area contributed by atoms with Crippen molar-refractivity contribution < 1.29 is 14.3 Å². The number of methoxy groups -OCH3 is 2. The van der Waals surface area contributed by atoms with Crippen molar-refractivity contribution in [2.24, 2.45) is 11.8 Å². The van der Waals surface area contributed by atoms with Crippen LogP contribution in [0.25, 0.3) is 0 Å². The number of nitrogens with one attached hydrogen (secondary N) is 1. The third-order valence-corrected chi connectivity index (χ3v) is 3.56. The van der Waals surface area contributed by atoms with Crippen molar-refractivity contribution in [2.45, 2.75) is 13.3 Å². The third-order valence-electron chi connectivity index (χ3n) is 3.56. The van der Waals surface area contributed by atoms with Crippen LogP contribution in [0, 0.1) is 11.8 Å². The maximum atomic E-state index is 12.4. The molecule has 1 rings (SSSR count). The molecule has 1 fully saturated rings. The summed E-state index contributed by atoms with van der Waals surface area (Å²) in [5.41, 5.74) is 0. The molecule has 0 bridgehead atoms. The number of carbonyl (C=O) groups excluding carboxylic acids is 1. The van der Waals surface area contributed by atoms with Gasteiger partial charge >= 0.3 is 0 Å². The maximum Gasteiger partial charge on any atom is 0.225 e. The first-order valence-electron chi connectivity index (χ1n) is 6.68. The van der Waals surface area contributed by atoms with Crippen LogP contribution in [0.3, 0.4) is 0 Å². The van der Waals surface area contributed by atoms with Crippen LogP contribution in [0.2, 0.25) is 0 Å². The van der Waals surface area contributed by atoms with E-state index in [0.717, 1.165) is 26.1 Å². The van der Waals surface area contributed by atoms with E-state index in [9.17, 15) is 4.79 Å². The highest BCUT2D eigenvalue weighted by atomic mass is 35.5. The summed E-state index contributed by atoms with van der Waals surface area (Å²) in [7, 11) is 3.35. The largest absolute Gasteiger partial charge is 0.385 e. The molecule has 0 aromatic rings. The zero-order valence-electron chi connectivity index (χ0n) is 12.2. The highest BCUT2D eigenvalue weighted by Gasteiger charge is 2.31. The van der Waals surface area contributed by atoms with Gasteiger partial charge in [0.1, 0.15) is 0 Å². The Hall–Kier alpha value is -0.360. The molecule has 0 spiro atoms. The molecular weight excluding hydrogens is 268 g/mol. The van der Waals surface area contributed by atoms with E-state index in [1.807, 2.05) is 11.8 Å². The number of halogens is 1. The van der Waals surface area contributed by atoms with Crippen molar-refractivity contribution in [3.8, 4) is 0 Å². The minimum absolute atomic E-state index is 0. The highest BCUT2D eigenvalue weighted by molar-refractivity contribution is 5.85. The molecule has 19 heavy (non-hydrogen) atoms. The van der Waals surface area contributed by atoms with Gasteiger partial charge in [0.05, 0.1) is 6.61 Å². The molecule has 0 radical (unpaired) electrons. The summed E-state index contributed by atoms with van der Waals surface area (Å²) < 4.78 is 10.1. The Kier molecular flexibility index (Phi) is 10.2. The number of carbonyl (C=O) groups is 1. The van der Waals surface area contributed by atoms with Gasteiger partial charge in [0, 0.05) is 39.8 Å². The van der Waals surface area contributed by atoms with E-state index in [2.05, 4.69) is 5.32 Å². The van der Waals surface area contributed by atoms with Crippen LogP contribution >= 0.6 is 12.4 Å². The number of hydrogen-bond acceptors (Lipinski definition) is 4. The number of ether oxygens (including phenoxy) is 2. The van der Waals surface area contributed by atoms with Crippen molar-refractivity contribution in [3.63, 3.8) is 0 Å². The van der Waals surface area contributed by atoms with Crippen molar-refractivity contribution in [1.82, 2.24) is 10.2 Å². The molecule has 1 aliphatic heterocycles. The van der Waals surface area contributed by atoms with E-state index >= 15 is 0 Å². The Balaban J connectivity index is 0.00000324. The average Bonchev–Trinajstić information content (AvgIpc) is 2.30. The van der Waals surface area contributed by atoms with Crippen molar-refractivity contribution in [1.29, 1.82) is 0 Å². The van der Waals surface area contributed by atoms with Crippen LogP contribution in [0.5, 0.6) is 0 Å².